The van der Waals surface area contributed by atoms with Crippen LogP contribution in [-0.2, 0) is 32.4 Å². The molecular weight excluding hydrogens is 559 g/mol. The number of benzene rings is 1. The van der Waals surface area contributed by atoms with Crippen molar-refractivity contribution in [2.75, 3.05) is 26.9 Å². The van der Waals surface area contributed by atoms with Crippen LogP contribution in [0.15, 0.2) is 36.5 Å². The molecule has 2 N–H and O–H groups in total. The van der Waals surface area contributed by atoms with E-state index in [-0.39, 0.29) is 4.31 Å². The average molecular weight is 586 g/mol. The molecule has 0 radical (unpaired) electrons. The van der Waals surface area contributed by atoms with Crippen LogP contribution in [0, 0.1) is 0 Å². The number of hydrogen-bond donors (Lipinski definition) is 2. The lowest BCUT2D eigenvalue weighted by Gasteiger charge is -2.24. The molecule has 0 aliphatic rings. The Bertz CT molecular complexity index is 1170. The fourth-order valence-corrected chi connectivity index (χ4v) is 4.06. The van der Waals surface area contributed by atoms with Gasteiger partial charge in [0.15, 0.2) is 0 Å². The molecule has 0 saturated heterocycles. The van der Waals surface area contributed by atoms with Gasteiger partial charge >= 0.3 is 22.5 Å². The fourth-order valence-electron chi connectivity index (χ4n) is 2.82. The molecule has 16 heteroatoms. The van der Waals surface area contributed by atoms with E-state index in [9.17, 15) is 31.5 Å². The van der Waals surface area contributed by atoms with Gasteiger partial charge in [-0.25, -0.2) is 9.78 Å². The van der Waals surface area contributed by atoms with Crippen LogP contribution in [0.25, 0.3) is 0 Å². The van der Waals surface area contributed by atoms with Gasteiger partial charge in [0.2, 0.25) is 12.2 Å². The number of ether oxygens (including phenoxy) is 4. The summed E-state index contributed by atoms with van der Waals surface area (Å²) < 4.78 is 87.6. The summed E-state index contributed by atoms with van der Waals surface area (Å²) in [5.41, 5.74) is -0.757. The number of carboxylic acid groups (broad SMARTS) is 1. The van der Waals surface area contributed by atoms with Gasteiger partial charge in [0.05, 0.1) is 31.4 Å². The fraction of sp³-hybridized carbons (Fsp3) is 0.455. The summed E-state index contributed by atoms with van der Waals surface area (Å²) in [5, 5.41) is 9.04. The third kappa shape index (κ3) is 9.79. The van der Waals surface area contributed by atoms with Crippen LogP contribution in [0.3, 0.4) is 0 Å². The zero-order valence-electron chi connectivity index (χ0n) is 20.6. The number of halogens is 4. The number of alkyl halides is 3. The van der Waals surface area contributed by atoms with Gasteiger partial charge in [-0.05, 0) is 37.6 Å². The molecule has 2 aromatic rings. The van der Waals surface area contributed by atoms with Gasteiger partial charge in [-0.3, -0.25) is 0 Å². The summed E-state index contributed by atoms with van der Waals surface area (Å²) >= 11 is 5.85. The maximum absolute atomic E-state index is 12.9. The lowest BCUT2D eigenvalue weighted by Crippen LogP contribution is -2.47. The van der Waals surface area contributed by atoms with E-state index in [1.807, 2.05) is 0 Å². The highest BCUT2D eigenvalue weighted by molar-refractivity contribution is 7.87. The number of aromatic nitrogens is 1. The molecule has 2 rings (SSSR count). The number of carbonyl (C=O) groups is 1. The van der Waals surface area contributed by atoms with E-state index >= 15 is 0 Å². The van der Waals surface area contributed by atoms with Crippen LogP contribution in [0.1, 0.15) is 25.0 Å². The van der Waals surface area contributed by atoms with Gasteiger partial charge in [-0.2, -0.15) is 30.6 Å². The third-order valence-corrected chi connectivity index (χ3v) is 6.21. The van der Waals surface area contributed by atoms with Crippen molar-refractivity contribution < 1.29 is 50.4 Å². The lowest BCUT2D eigenvalue weighted by molar-refractivity contribution is -0.138. The summed E-state index contributed by atoms with van der Waals surface area (Å²) in [6.45, 7) is 2.72. The number of nitrogens with zero attached hydrogens (tertiary/aromatic N) is 2. The van der Waals surface area contributed by atoms with Crippen molar-refractivity contribution in [3.05, 3.63) is 52.7 Å². The van der Waals surface area contributed by atoms with Crippen LogP contribution in [0.2, 0.25) is 5.02 Å². The van der Waals surface area contributed by atoms with E-state index in [1.54, 1.807) is 26.0 Å². The van der Waals surface area contributed by atoms with E-state index in [0.29, 0.717) is 36.8 Å². The number of rotatable bonds is 14. The first-order valence-electron chi connectivity index (χ1n) is 11.0. The minimum Gasteiger partial charge on any atom is -0.491 e. The first kappa shape index (κ1) is 31.4. The molecule has 1 unspecified atom stereocenters. The predicted octanol–water partition coefficient (Wildman–Crippen LogP) is 3.92. The SMILES string of the molecule is COCCOc1ccc(CN(C(=O)O)S(=O)(=O)NCC(Oc2ncc(C(F)(F)F)cc2Cl)OC(C)C)cc1. The van der Waals surface area contributed by atoms with Crippen LogP contribution in [0.5, 0.6) is 11.6 Å². The highest BCUT2D eigenvalue weighted by Crippen LogP contribution is 2.33. The molecule has 0 aliphatic carbocycles. The zero-order chi connectivity index (χ0) is 28.5. The Hall–Kier alpha value is -2.85. The summed E-state index contributed by atoms with van der Waals surface area (Å²) in [7, 11) is -3.11. The van der Waals surface area contributed by atoms with Crippen molar-refractivity contribution in [1.29, 1.82) is 0 Å². The molecule has 212 valence electrons. The van der Waals surface area contributed by atoms with E-state index < -0.39 is 64.4 Å². The van der Waals surface area contributed by atoms with Crippen LogP contribution < -0.4 is 14.2 Å². The smallest absolute Gasteiger partial charge is 0.422 e. The second-order valence-electron chi connectivity index (χ2n) is 7.87. The highest BCUT2D eigenvalue weighted by atomic mass is 35.5. The molecule has 1 aromatic heterocycles. The molecule has 1 amide bonds. The lowest BCUT2D eigenvalue weighted by atomic mass is 10.2. The average Bonchev–Trinajstić information content (AvgIpc) is 2.82. The summed E-state index contributed by atoms with van der Waals surface area (Å²) in [5.74, 6) is 0.0439. The van der Waals surface area contributed by atoms with Crippen LogP contribution >= 0.6 is 11.6 Å². The zero-order valence-corrected chi connectivity index (χ0v) is 22.1. The molecule has 1 aromatic carbocycles. The van der Waals surface area contributed by atoms with Gasteiger partial charge in [-0.1, -0.05) is 23.7 Å². The predicted molar refractivity (Wildman–Crippen MR) is 129 cm³/mol. The summed E-state index contributed by atoms with van der Waals surface area (Å²) in [6.07, 6.45) is -7.87. The summed E-state index contributed by atoms with van der Waals surface area (Å²) in [6, 6.07) is 6.69. The van der Waals surface area contributed by atoms with E-state index in [0.717, 1.165) is 0 Å². The number of methoxy groups -OCH3 is 1. The molecule has 1 heterocycles. The Morgan fingerprint density at radius 1 is 1.21 bits per heavy atom. The van der Waals surface area contributed by atoms with Crippen molar-refractivity contribution in [3.8, 4) is 11.6 Å². The standard InChI is InChI=1S/C22H27ClF3N3O8S/c1-14(2)36-19(37-20-18(23)10-16(11-27-20)22(24,25)26)12-28-38(32,33)29(21(30)31)13-15-4-6-17(7-5-15)35-9-8-34-3/h4-7,10-11,14,19,28H,8-9,12-13H2,1-3H3,(H,30,31). The van der Waals surface area contributed by atoms with E-state index in [2.05, 4.69) is 9.71 Å². The number of hydrogen-bond acceptors (Lipinski definition) is 8. The van der Waals surface area contributed by atoms with Crippen molar-refractivity contribution in [1.82, 2.24) is 14.0 Å². The van der Waals surface area contributed by atoms with Gasteiger partial charge in [0, 0.05) is 13.3 Å². The largest absolute Gasteiger partial charge is 0.491 e. The number of pyridine rings is 1. The van der Waals surface area contributed by atoms with Gasteiger partial charge in [0.1, 0.15) is 17.4 Å². The minimum absolute atomic E-state index is 0.170. The van der Waals surface area contributed by atoms with E-state index in [1.165, 1.54) is 19.2 Å². The summed E-state index contributed by atoms with van der Waals surface area (Å²) in [4.78, 5) is 15.3. The normalized spacial score (nSPS) is 12.8. The Labute approximate surface area is 222 Å². The molecule has 0 aliphatic heterocycles. The molecular formula is C22H27ClF3N3O8S. The Morgan fingerprint density at radius 2 is 1.87 bits per heavy atom. The second-order valence-corrected chi connectivity index (χ2v) is 9.96. The Morgan fingerprint density at radius 3 is 2.39 bits per heavy atom. The van der Waals surface area contributed by atoms with Crippen molar-refractivity contribution in [3.63, 3.8) is 0 Å². The van der Waals surface area contributed by atoms with E-state index in [4.69, 9.17) is 30.5 Å². The quantitative estimate of drug-likeness (QED) is 0.250. The van der Waals surface area contributed by atoms with Crippen molar-refractivity contribution in [2.45, 2.75) is 39.0 Å². The molecule has 0 saturated carbocycles. The maximum atomic E-state index is 12.9. The minimum atomic E-state index is -4.68. The first-order valence-corrected chi connectivity index (χ1v) is 12.8. The molecule has 0 spiro atoms. The Kier molecular flexibility index (Phi) is 11.4. The Balaban J connectivity index is 2.12. The van der Waals surface area contributed by atoms with Crippen molar-refractivity contribution >= 4 is 27.9 Å². The second kappa shape index (κ2) is 13.8. The number of nitrogens with one attached hydrogen (secondary N) is 1. The molecule has 1 atom stereocenters. The van der Waals surface area contributed by atoms with Crippen LogP contribution in [0.4, 0.5) is 18.0 Å². The van der Waals surface area contributed by atoms with Gasteiger partial charge < -0.3 is 24.1 Å². The topological polar surface area (TPSA) is 137 Å². The highest BCUT2D eigenvalue weighted by Gasteiger charge is 2.33. The third-order valence-electron chi connectivity index (χ3n) is 4.54. The molecule has 0 fully saturated rings. The van der Waals surface area contributed by atoms with Gasteiger partial charge in [0.25, 0.3) is 0 Å². The first-order chi connectivity index (χ1) is 17.7. The molecule has 11 nitrogen and oxygen atoms in total. The monoisotopic (exact) mass is 585 g/mol. The molecule has 38 heavy (non-hydrogen) atoms. The molecule has 0 bridgehead atoms. The van der Waals surface area contributed by atoms with Gasteiger partial charge in [-0.15, -0.1) is 0 Å². The van der Waals surface area contributed by atoms with Crippen LogP contribution in [-0.4, -0.2) is 68.2 Å². The van der Waals surface area contributed by atoms with Crippen molar-refractivity contribution in [2.24, 2.45) is 0 Å². The maximum Gasteiger partial charge on any atom is 0.422 e. The number of amides is 1.